The van der Waals surface area contributed by atoms with Crippen molar-refractivity contribution >= 4 is 26.7 Å². The molecule has 7 heteroatoms. The number of hydrogen-bond acceptors (Lipinski definition) is 6. The van der Waals surface area contributed by atoms with Crippen LogP contribution in [0.5, 0.6) is 0 Å². The van der Waals surface area contributed by atoms with E-state index in [9.17, 15) is 14.4 Å². The Balaban J connectivity index is 3.09. The van der Waals surface area contributed by atoms with Crippen molar-refractivity contribution in [2.45, 2.75) is 40.0 Å². The summed E-state index contributed by atoms with van der Waals surface area (Å²) in [6.07, 6.45) is 4.04. The maximum Gasteiger partial charge on any atom is 0.738 e. The number of carbonyl (C=O) groups is 3. The number of rotatable bonds is 4. The van der Waals surface area contributed by atoms with E-state index < -0.39 is 26.7 Å². The molecule has 0 spiro atoms. The van der Waals surface area contributed by atoms with Crippen LogP contribution in [-0.2, 0) is 27.7 Å². The van der Waals surface area contributed by atoms with Crippen molar-refractivity contribution in [3.8, 4) is 0 Å². The first-order chi connectivity index (χ1) is 8.35. The van der Waals surface area contributed by atoms with Gasteiger partial charge in [0.15, 0.2) is 0 Å². The minimum Gasteiger partial charge on any atom is -0.452 e. The largest absolute Gasteiger partial charge is 0.738 e. The molecule has 0 radical (unpaired) electrons. The molecule has 18 heavy (non-hydrogen) atoms. The Morgan fingerprint density at radius 1 is 1.00 bits per heavy atom. The van der Waals surface area contributed by atoms with E-state index in [4.69, 9.17) is 13.3 Å². The molecule has 0 atom stereocenters. The van der Waals surface area contributed by atoms with Gasteiger partial charge in [-0.15, -0.1) is 0 Å². The summed E-state index contributed by atoms with van der Waals surface area (Å²) in [5.74, 6) is -1.93. The normalized spacial score (nSPS) is 14.7. The summed E-state index contributed by atoms with van der Waals surface area (Å²) < 4.78 is 15.3. The van der Waals surface area contributed by atoms with Gasteiger partial charge < -0.3 is 13.3 Å². The second-order valence-electron chi connectivity index (χ2n) is 3.96. The molecule has 0 aromatic carbocycles. The number of carbonyl (C=O) groups excluding carboxylic acids is 3. The van der Waals surface area contributed by atoms with E-state index in [0.29, 0.717) is 11.6 Å². The third-order valence-electron chi connectivity index (χ3n) is 2.27. The third-order valence-corrected chi connectivity index (χ3v) is 5.18. The zero-order valence-corrected chi connectivity index (χ0v) is 11.6. The first kappa shape index (κ1) is 14.4. The van der Waals surface area contributed by atoms with Crippen LogP contribution in [0.25, 0.3) is 0 Å². The SMILES string of the molecule is CC(=O)O[Si](OC(C)=O)(OC(C)=O)C1=CCCC1. The maximum atomic E-state index is 11.2. The van der Waals surface area contributed by atoms with E-state index in [1.807, 2.05) is 0 Å². The molecule has 0 heterocycles. The van der Waals surface area contributed by atoms with E-state index in [0.717, 1.165) is 12.8 Å². The van der Waals surface area contributed by atoms with Crippen molar-refractivity contribution in [3.05, 3.63) is 11.3 Å². The van der Waals surface area contributed by atoms with E-state index in [-0.39, 0.29) is 0 Å². The Hall–Kier alpha value is -1.63. The van der Waals surface area contributed by atoms with E-state index in [2.05, 4.69) is 0 Å². The Morgan fingerprint density at radius 2 is 1.44 bits per heavy atom. The summed E-state index contributed by atoms with van der Waals surface area (Å²) in [4.78, 5) is 33.5. The number of allylic oxidation sites excluding steroid dienone is 2. The lowest BCUT2D eigenvalue weighted by Gasteiger charge is -2.26. The van der Waals surface area contributed by atoms with Crippen molar-refractivity contribution in [1.82, 2.24) is 0 Å². The fourth-order valence-corrected chi connectivity index (χ4v) is 4.31. The average Bonchev–Trinajstić information content (AvgIpc) is 2.65. The smallest absolute Gasteiger partial charge is 0.452 e. The van der Waals surface area contributed by atoms with Crippen molar-refractivity contribution in [3.63, 3.8) is 0 Å². The molecule has 0 fully saturated rings. The van der Waals surface area contributed by atoms with E-state index in [1.54, 1.807) is 6.08 Å². The second kappa shape index (κ2) is 5.81. The zero-order chi connectivity index (χ0) is 13.8. The Morgan fingerprint density at radius 3 is 1.72 bits per heavy atom. The van der Waals surface area contributed by atoms with Gasteiger partial charge >= 0.3 is 8.80 Å². The summed E-state index contributed by atoms with van der Waals surface area (Å²) in [5, 5.41) is 0.614. The highest BCUT2D eigenvalue weighted by molar-refractivity contribution is 6.73. The molecule has 1 aliphatic carbocycles. The van der Waals surface area contributed by atoms with Crippen LogP contribution >= 0.6 is 0 Å². The molecule has 0 saturated carbocycles. The van der Waals surface area contributed by atoms with E-state index >= 15 is 0 Å². The van der Waals surface area contributed by atoms with Gasteiger partial charge in [0, 0.05) is 26.0 Å². The second-order valence-corrected chi connectivity index (χ2v) is 6.33. The molecule has 6 nitrogen and oxygen atoms in total. The summed E-state index contributed by atoms with van der Waals surface area (Å²) in [7, 11) is -3.74. The van der Waals surface area contributed by atoms with Crippen LogP contribution in [0.15, 0.2) is 11.3 Å². The van der Waals surface area contributed by atoms with Crippen LogP contribution < -0.4 is 0 Å². The maximum absolute atomic E-state index is 11.2. The lowest BCUT2D eigenvalue weighted by molar-refractivity contribution is -0.147. The third kappa shape index (κ3) is 3.69. The molecule has 0 N–H and O–H groups in total. The topological polar surface area (TPSA) is 78.9 Å². The molecule has 1 aliphatic rings. The Kier molecular flexibility index (Phi) is 4.66. The van der Waals surface area contributed by atoms with Gasteiger partial charge in [-0.25, -0.2) is 0 Å². The minimum absolute atomic E-state index is 0.597. The Bertz CT molecular complexity index is 360. The predicted octanol–water partition coefficient (Wildman–Crippen LogP) is 1.26. The van der Waals surface area contributed by atoms with Crippen LogP contribution in [0, 0.1) is 0 Å². The fraction of sp³-hybridized carbons (Fsp3) is 0.545. The molecule has 100 valence electrons. The van der Waals surface area contributed by atoms with Gasteiger partial charge in [-0.2, -0.15) is 0 Å². The highest BCUT2D eigenvalue weighted by Crippen LogP contribution is 2.30. The standard InChI is InChI=1S/C11H16O6Si/c1-8(12)15-18(16-9(2)13,17-10(3)14)11-6-4-5-7-11/h6H,4-5,7H2,1-3H3. The van der Waals surface area contributed by atoms with Gasteiger partial charge in [0.25, 0.3) is 17.9 Å². The van der Waals surface area contributed by atoms with Gasteiger partial charge in [-0.1, -0.05) is 6.08 Å². The van der Waals surface area contributed by atoms with Gasteiger partial charge in [0.1, 0.15) is 0 Å². The molecule has 0 bridgehead atoms. The molecule has 0 amide bonds. The summed E-state index contributed by atoms with van der Waals surface area (Å²) in [5.41, 5.74) is 0. The van der Waals surface area contributed by atoms with Gasteiger partial charge in [0.05, 0.1) is 0 Å². The average molecular weight is 272 g/mol. The van der Waals surface area contributed by atoms with Gasteiger partial charge in [-0.3, -0.25) is 14.4 Å². The van der Waals surface area contributed by atoms with E-state index in [1.165, 1.54) is 20.8 Å². The lowest BCUT2D eigenvalue weighted by atomic mass is 10.4. The highest BCUT2D eigenvalue weighted by Gasteiger charge is 2.56. The lowest BCUT2D eigenvalue weighted by Crippen LogP contribution is -2.51. The van der Waals surface area contributed by atoms with Crippen LogP contribution in [0.3, 0.4) is 0 Å². The molecule has 0 aromatic heterocycles. The van der Waals surface area contributed by atoms with Crippen molar-refractivity contribution in [2.75, 3.05) is 0 Å². The minimum atomic E-state index is -3.74. The summed E-state index contributed by atoms with van der Waals surface area (Å²) in [6.45, 7) is 3.55. The van der Waals surface area contributed by atoms with Crippen molar-refractivity contribution < 1.29 is 27.7 Å². The molecular formula is C11H16O6Si. The van der Waals surface area contributed by atoms with Gasteiger partial charge in [-0.05, 0) is 19.3 Å². The van der Waals surface area contributed by atoms with Gasteiger partial charge in [0.2, 0.25) is 0 Å². The molecule has 0 unspecified atom stereocenters. The van der Waals surface area contributed by atoms with Crippen LogP contribution in [0.1, 0.15) is 40.0 Å². The predicted molar refractivity (Wildman–Crippen MR) is 63.0 cm³/mol. The monoisotopic (exact) mass is 272 g/mol. The Labute approximate surface area is 106 Å². The molecule has 0 saturated heterocycles. The van der Waals surface area contributed by atoms with Crippen molar-refractivity contribution in [2.24, 2.45) is 0 Å². The number of hydrogen-bond donors (Lipinski definition) is 0. The first-order valence-electron chi connectivity index (χ1n) is 5.64. The fourth-order valence-electron chi connectivity index (χ4n) is 1.78. The van der Waals surface area contributed by atoms with Crippen LogP contribution in [0.4, 0.5) is 0 Å². The highest BCUT2D eigenvalue weighted by atomic mass is 28.4. The van der Waals surface area contributed by atoms with Crippen molar-refractivity contribution in [1.29, 1.82) is 0 Å². The summed E-state index contributed by atoms with van der Waals surface area (Å²) in [6, 6.07) is 0. The zero-order valence-electron chi connectivity index (χ0n) is 10.6. The molecular weight excluding hydrogens is 256 g/mol. The quantitative estimate of drug-likeness (QED) is 0.717. The molecule has 1 rings (SSSR count). The molecule has 0 aromatic rings. The first-order valence-corrected chi connectivity index (χ1v) is 7.36. The summed E-state index contributed by atoms with van der Waals surface area (Å²) >= 11 is 0. The van der Waals surface area contributed by atoms with Crippen LogP contribution in [-0.4, -0.2) is 26.7 Å². The molecule has 0 aliphatic heterocycles. The van der Waals surface area contributed by atoms with Crippen LogP contribution in [0.2, 0.25) is 0 Å².